The molecule has 0 unspecified atom stereocenters. The number of hydrogen-bond donors (Lipinski definition) is 0. The number of fused-ring (bicyclic) bond motifs is 1. The van der Waals surface area contributed by atoms with Crippen LogP contribution in [0.1, 0.15) is 12.8 Å². The molecule has 78 valence electrons. The van der Waals surface area contributed by atoms with Gasteiger partial charge in [0, 0.05) is 23.0 Å². The van der Waals surface area contributed by atoms with E-state index in [2.05, 4.69) is 30.5 Å². The van der Waals surface area contributed by atoms with Gasteiger partial charge in [0.05, 0.1) is 19.3 Å². The van der Waals surface area contributed by atoms with Gasteiger partial charge in [-0.1, -0.05) is 24.3 Å². The maximum absolute atomic E-state index is 5.82. The van der Waals surface area contributed by atoms with E-state index >= 15 is 0 Å². The van der Waals surface area contributed by atoms with Gasteiger partial charge in [-0.2, -0.15) is 0 Å². The van der Waals surface area contributed by atoms with E-state index in [9.17, 15) is 0 Å². The molecule has 2 bridgehead atoms. The first-order chi connectivity index (χ1) is 7.37. The number of hydrogen-bond acceptors (Lipinski definition) is 2. The Morgan fingerprint density at radius 1 is 1.07 bits per heavy atom. The van der Waals surface area contributed by atoms with E-state index in [1.54, 1.807) is 0 Å². The minimum atomic E-state index is 0.194. The van der Waals surface area contributed by atoms with Crippen LogP contribution in [0, 0.1) is 16.7 Å². The van der Waals surface area contributed by atoms with Gasteiger partial charge in [0.1, 0.15) is 0 Å². The zero-order chi connectivity index (χ0) is 9.93. The maximum atomic E-state index is 5.82. The van der Waals surface area contributed by atoms with E-state index in [4.69, 9.17) is 9.73 Å². The number of allylic oxidation sites excluding steroid dienone is 2. The first-order valence-corrected chi connectivity index (χ1v) is 5.86. The number of nitrogens with zero attached hydrogens (tertiary/aromatic N) is 1. The van der Waals surface area contributed by atoms with E-state index < -0.39 is 0 Å². The van der Waals surface area contributed by atoms with Crippen molar-refractivity contribution in [2.24, 2.45) is 21.7 Å². The van der Waals surface area contributed by atoms with Crippen molar-refractivity contribution in [2.45, 2.75) is 18.9 Å². The highest BCUT2D eigenvalue weighted by molar-refractivity contribution is 5.68. The van der Waals surface area contributed by atoms with Crippen molar-refractivity contribution >= 4 is 6.21 Å². The highest BCUT2D eigenvalue weighted by Crippen LogP contribution is 2.62. The van der Waals surface area contributed by atoms with Crippen molar-refractivity contribution in [1.82, 2.24) is 0 Å². The van der Waals surface area contributed by atoms with Crippen molar-refractivity contribution in [3.05, 3.63) is 24.3 Å². The Hall–Kier alpha value is -0.890. The molecule has 3 heterocycles. The third-order valence-electron chi connectivity index (χ3n) is 4.90. The predicted octanol–water partition coefficient (Wildman–Crippen LogP) is 1.98. The Morgan fingerprint density at radius 3 is 2.60 bits per heavy atom. The molecule has 5 aliphatic rings. The maximum Gasteiger partial charge on any atom is 0.0618 e. The molecule has 0 radical (unpaired) electrons. The lowest BCUT2D eigenvalue weighted by Gasteiger charge is -2.55. The third-order valence-corrected chi connectivity index (χ3v) is 4.90. The highest BCUT2D eigenvalue weighted by atomic mass is 16.5. The second kappa shape index (κ2) is 2.43. The molecule has 0 N–H and O–H groups in total. The number of rotatable bonds is 0. The van der Waals surface area contributed by atoms with Crippen molar-refractivity contribution in [3.8, 4) is 0 Å². The van der Waals surface area contributed by atoms with Gasteiger partial charge < -0.3 is 4.74 Å². The molecule has 4 atom stereocenters. The fraction of sp³-hybridized carbons (Fsp3) is 0.615. The Bertz CT molecular complexity index is 361. The summed E-state index contributed by atoms with van der Waals surface area (Å²) in [5.74, 6) is 0.603. The van der Waals surface area contributed by atoms with Crippen LogP contribution < -0.4 is 0 Å². The molecule has 0 aromatic heterocycles. The summed E-state index contributed by atoms with van der Waals surface area (Å²) in [6.07, 6.45) is 13.9. The summed E-state index contributed by atoms with van der Waals surface area (Å²) in [7, 11) is 0. The lowest BCUT2D eigenvalue weighted by molar-refractivity contribution is 0.0610. The standard InChI is InChI=1S/C13H15NO/c1-2-6-13-9-15-8-12(13,5-1)10-3-4-11(13)14-7-10/h1-2,5-7,10-11H,3-4,8-9H2/t10-,11-,12-,13+/m1/s1. The van der Waals surface area contributed by atoms with Gasteiger partial charge in [-0.15, -0.1) is 0 Å². The average Bonchev–Trinajstić information content (AvgIpc) is 2.73. The molecule has 15 heavy (non-hydrogen) atoms. The van der Waals surface area contributed by atoms with Gasteiger partial charge in [0.25, 0.3) is 0 Å². The van der Waals surface area contributed by atoms with Crippen LogP contribution in [-0.2, 0) is 4.74 Å². The largest absolute Gasteiger partial charge is 0.379 e. The van der Waals surface area contributed by atoms with E-state index in [1.807, 2.05) is 0 Å². The van der Waals surface area contributed by atoms with Gasteiger partial charge in [-0.25, -0.2) is 0 Å². The first kappa shape index (κ1) is 8.28. The molecule has 0 aromatic rings. The molecule has 5 rings (SSSR count). The quantitative estimate of drug-likeness (QED) is 0.587. The summed E-state index contributed by atoms with van der Waals surface area (Å²) in [6, 6.07) is 0.464. The molecule has 2 fully saturated rings. The molecule has 1 saturated carbocycles. The number of ether oxygens (including phenoxy) is 1. The van der Waals surface area contributed by atoms with E-state index in [0.717, 1.165) is 13.2 Å². The minimum absolute atomic E-state index is 0.194. The van der Waals surface area contributed by atoms with Crippen LogP contribution in [0.2, 0.25) is 0 Å². The van der Waals surface area contributed by atoms with Crippen molar-refractivity contribution in [2.75, 3.05) is 13.2 Å². The molecule has 2 nitrogen and oxygen atoms in total. The SMILES string of the molecule is C1=C[C@@]23COC[C@]2(C=C1)[C@H]1C=N[C@@H]3CC1. The van der Waals surface area contributed by atoms with E-state index in [-0.39, 0.29) is 10.8 Å². The molecule has 3 aliphatic heterocycles. The molecule has 2 aliphatic carbocycles. The van der Waals surface area contributed by atoms with E-state index in [0.29, 0.717) is 12.0 Å². The summed E-state index contributed by atoms with van der Waals surface area (Å²) in [6.45, 7) is 1.76. The van der Waals surface area contributed by atoms with Crippen molar-refractivity contribution < 1.29 is 4.74 Å². The molecule has 2 heteroatoms. The summed E-state index contributed by atoms with van der Waals surface area (Å²) in [4.78, 5) is 4.72. The first-order valence-electron chi connectivity index (χ1n) is 5.86. The van der Waals surface area contributed by atoms with Crippen LogP contribution in [0.15, 0.2) is 29.3 Å². The van der Waals surface area contributed by atoms with Crippen LogP contribution in [-0.4, -0.2) is 25.5 Å². The Morgan fingerprint density at radius 2 is 1.87 bits per heavy atom. The van der Waals surface area contributed by atoms with Gasteiger partial charge in [0.15, 0.2) is 0 Å². The normalized spacial score (nSPS) is 54.4. The molecule has 0 amide bonds. The van der Waals surface area contributed by atoms with Crippen LogP contribution >= 0.6 is 0 Å². The lowest BCUT2D eigenvalue weighted by atomic mass is 9.49. The van der Waals surface area contributed by atoms with E-state index in [1.165, 1.54) is 12.8 Å². The Balaban J connectivity index is 1.99. The van der Waals surface area contributed by atoms with Crippen LogP contribution in [0.3, 0.4) is 0 Å². The second-order valence-electron chi connectivity index (χ2n) is 5.29. The fourth-order valence-corrected chi connectivity index (χ4v) is 4.09. The molecule has 1 saturated heterocycles. The monoisotopic (exact) mass is 201 g/mol. The fourth-order valence-electron chi connectivity index (χ4n) is 4.09. The summed E-state index contributed by atoms with van der Waals surface area (Å²) < 4.78 is 5.82. The van der Waals surface area contributed by atoms with Gasteiger partial charge >= 0.3 is 0 Å². The van der Waals surface area contributed by atoms with Crippen molar-refractivity contribution in [3.63, 3.8) is 0 Å². The average molecular weight is 201 g/mol. The number of aliphatic imine (C=N–C) groups is 1. The summed E-state index contributed by atoms with van der Waals surface area (Å²) in [5, 5.41) is 0. The summed E-state index contributed by atoms with van der Waals surface area (Å²) in [5.41, 5.74) is 0.436. The Labute approximate surface area is 89.7 Å². The zero-order valence-corrected chi connectivity index (χ0v) is 8.73. The van der Waals surface area contributed by atoms with Crippen molar-refractivity contribution in [1.29, 1.82) is 0 Å². The lowest BCUT2D eigenvalue weighted by Crippen LogP contribution is -2.58. The second-order valence-corrected chi connectivity index (χ2v) is 5.29. The topological polar surface area (TPSA) is 21.6 Å². The zero-order valence-electron chi connectivity index (χ0n) is 8.73. The molecular formula is C13H15NO. The predicted molar refractivity (Wildman–Crippen MR) is 59.0 cm³/mol. The van der Waals surface area contributed by atoms with Gasteiger partial charge in [0.2, 0.25) is 0 Å². The molecular weight excluding hydrogens is 186 g/mol. The smallest absolute Gasteiger partial charge is 0.0618 e. The minimum Gasteiger partial charge on any atom is -0.379 e. The highest BCUT2D eigenvalue weighted by Gasteiger charge is 2.64. The van der Waals surface area contributed by atoms with Gasteiger partial charge in [-0.3, -0.25) is 4.99 Å². The third kappa shape index (κ3) is 0.729. The van der Waals surface area contributed by atoms with Crippen LogP contribution in [0.5, 0.6) is 0 Å². The van der Waals surface area contributed by atoms with Crippen LogP contribution in [0.25, 0.3) is 0 Å². The van der Waals surface area contributed by atoms with Gasteiger partial charge in [-0.05, 0) is 12.8 Å². The Kier molecular flexibility index (Phi) is 1.34. The molecule has 0 spiro atoms. The van der Waals surface area contributed by atoms with Crippen LogP contribution in [0.4, 0.5) is 0 Å². The summed E-state index contributed by atoms with van der Waals surface area (Å²) >= 11 is 0. The molecule has 0 aromatic carbocycles.